The Bertz CT molecular complexity index is 973. The molecule has 4 rings (SSSR count). The Kier molecular flexibility index (Phi) is 2.27. The maximum Gasteiger partial charge on any atom is 0.266 e. The minimum Gasteiger partial charge on any atom is -0.495 e. The van der Waals surface area contributed by atoms with E-state index in [1.807, 2.05) is 0 Å². The van der Waals surface area contributed by atoms with Gasteiger partial charge in [0.2, 0.25) is 5.78 Å². The van der Waals surface area contributed by atoms with Gasteiger partial charge in [-0.25, -0.2) is 4.98 Å². The van der Waals surface area contributed by atoms with Gasteiger partial charge in [0.1, 0.15) is 11.4 Å². The molecule has 0 N–H and O–H groups in total. The second-order valence-electron chi connectivity index (χ2n) is 4.78. The molecular weight excluding hydrogens is 268 g/mol. The third-order valence-electron chi connectivity index (χ3n) is 3.67. The number of nitrogens with zero attached hydrogens (tertiary/aromatic N) is 2. The number of ether oxygens (including phenoxy) is 1. The number of hydrogen-bond donors (Lipinski definition) is 0. The Hall–Kier alpha value is -2.95. The van der Waals surface area contributed by atoms with Crippen molar-refractivity contribution in [2.45, 2.75) is 0 Å². The van der Waals surface area contributed by atoms with Gasteiger partial charge in [0, 0.05) is 0 Å². The van der Waals surface area contributed by atoms with E-state index >= 15 is 0 Å². The summed E-state index contributed by atoms with van der Waals surface area (Å²) in [5.41, 5.74) is 1.18. The highest BCUT2D eigenvalue weighted by atomic mass is 16.5. The molecule has 1 aliphatic rings. The molecule has 1 aromatic heterocycles. The number of benzene rings is 2. The van der Waals surface area contributed by atoms with Crippen LogP contribution in [0.2, 0.25) is 0 Å². The molecule has 0 bridgehead atoms. The van der Waals surface area contributed by atoms with Crippen LogP contribution < -0.4 is 10.3 Å². The minimum atomic E-state index is -0.258. The van der Waals surface area contributed by atoms with Crippen LogP contribution in [0.25, 0.3) is 16.6 Å². The lowest BCUT2D eigenvalue weighted by Crippen LogP contribution is -2.21. The van der Waals surface area contributed by atoms with E-state index in [1.54, 1.807) is 42.5 Å². The van der Waals surface area contributed by atoms with E-state index in [0.717, 1.165) is 0 Å². The Morgan fingerprint density at radius 1 is 1.05 bits per heavy atom. The fourth-order valence-corrected chi connectivity index (χ4v) is 2.71. The van der Waals surface area contributed by atoms with Gasteiger partial charge in [0.05, 0.1) is 23.6 Å². The van der Waals surface area contributed by atoms with Crippen LogP contribution in [0.1, 0.15) is 16.2 Å². The van der Waals surface area contributed by atoms with Crippen LogP contribution in [0.15, 0.2) is 47.3 Å². The van der Waals surface area contributed by atoms with Gasteiger partial charge >= 0.3 is 0 Å². The third kappa shape index (κ3) is 1.43. The standard InChI is InChI=1S/C16H10N2O3/c1-21-12-8-4-6-10-13(12)18-15(14(10)19)17-11-7-3-2-5-9(11)16(18)20/h2-8H,1H3. The van der Waals surface area contributed by atoms with Gasteiger partial charge in [-0.05, 0) is 24.3 Å². The van der Waals surface area contributed by atoms with Crippen LogP contribution in [0.4, 0.5) is 0 Å². The van der Waals surface area contributed by atoms with E-state index in [0.29, 0.717) is 27.9 Å². The lowest BCUT2D eigenvalue weighted by atomic mass is 10.1. The third-order valence-corrected chi connectivity index (χ3v) is 3.67. The monoisotopic (exact) mass is 278 g/mol. The Labute approximate surface area is 119 Å². The van der Waals surface area contributed by atoms with Gasteiger partial charge in [-0.3, -0.25) is 14.2 Å². The first-order valence-corrected chi connectivity index (χ1v) is 6.46. The Balaban J connectivity index is 2.21. The molecule has 5 heteroatoms. The highest BCUT2D eigenvalue weighted by Crippen LogP contribution is 2.33. The predicted octanol–water partition coefficient (Wildman–Crippen LogP) is 1.94. The highest BCUT2D eigenvalue weighted by Gasteiger charge is 2.32. The lowest BCUT2D eigenvalue weighted by molar-refractivity contribution is 0.103. The summed E-state index contributed by atoms with van der Waals surface area (Å²) < 4.78 is 6.64. The Morgan fingerprint density at radius 2 is 1.86 bits per heavy atom. The van der Waals surface area contributed by atoms with Crippen molar-refractivity contribution in [3.63, 3.8) is 0 Å². The number of hydrogen-bond acceptors (Lipinski definition) is 4. The zero-order valence-electron chi connectivity index (χ0n) is 11.2. The summed E-state index contributed by atoms with van der Waals surface area (Å²) >= 11 is 0. The number of aromatic nitrogens is 2. The fourth-order valence-electron chi connectivity index (χ4n) is 2.71. The first-order valence-electron chi connectivity index (χ1n) is 6.46. The summed E-state index contributed by atoms with van der Waals surface area (Å²) in [5, 5.41) is 0.479. The Morgan fingerprint density at radius 3 is 2.67 bits per heavy atom. The summed E-state index contributed by atoms with van der Waals surface area (Å²) in [7, 11) is 1.51. The normalized spacial score (nSPS) is 12.3. The SMILES string of the molecule is COc1cccc2c1-n1c(nc3ccccc3c1=O)C2=O. The number of methoxy groups -OCH3 is 1. The van der Waals surface area contributed by atoms with Crippen molar-refractivity contribution >= 4 is 16.7 Å². The van der Waals surface area contributed by atoms with E-state index < -0.39 is 0 Å². The van der Waals surface area contributed by atoms with Crippen LogP contribution in [0, 0.1) is 0 Å². The van der Waals surface area contributed by atoms with Crippen LogP contribution in [-0.2, 0) is 0 Å². The van der Waals surface area contributed by atoms with E-state index in [2.05, 4.69) is 4.98 Å². The van der Waals surface area contributed by atoms with Gasteiger partial charge in [0.25, 0.3) is 5.56 Å². The molecule has 0 aliphatic carbocycles. The topological polar surface area (TPSA) is 61.2 Å². The van der Waals surface area contributed by atoms with E-state index in [1.165, 1.54) is 11.7 Å². The summed E-state index contributed by atoms with van der Waals surface area (Å²) in [6.45, 7) is 0. The first kappa shape index (κ1) is 11.8. The highest BCUT2D eigenvalue weighted by molar-refractivity contribution is 6.14. The molecule has 2 heterocycles. The average molecular weight is 278 g/mol. The second kappa shape index (κ2) is 4.02. The molecule has 0 fully saturated rings. The number of para-hydroxylation sites is 2. The van der Waals surface area contributed by atoms with E-state index in [9.17, 15) is 9.59 Å². The quantitative estimate of drug-likeness (QED) is 0.534. The molecule has 0 saturated heterocycles. The van der Waals surface area contributed by atoms with E-state index in [4.69, 9.17) is 4.74 Å². The van der Waals surface area contributed by atoms with Gasteiger partial charge < -0.3 is 4.74 Å². The minimum absolute atomic E-state index is 0.137. The van der Waals surface area contributed by atoms with Crippen molar-refractivity contribution in [2.24, 2.45) is 0 Å². The maximum atomic E-state index is 12.7. The van der Waals surface area contributed by atoms with E-state index in [-0.39, 0.29) is 17.2 Å². The summed E-state index contributed by atoms with van der Waals surface area (Å²) in [5.74, 6) is 0.365. The smallest absolute Gasteiger partial charge is 0.266 e. The van der Waals surface area contributed by atoms with Gasteiger partial charge in [0.15, 0.2) is 5.82 Å². The van der Waals surface area contributed by atoms with Crippen LogP contribution in [0.5, 0.6) is 5.75 Å². The molecule has 5 nitrogen and oxygen atoms in total. The molecule has 0 amide bonds. The molecule has 102 valence electrons. The molecule has 21 heavy (non-hydrogen) atoms. The second-order valence-corrected chi connectivity index (χ2v) is 4.78. The zero-order chi connectivity index (χ0) is 14.6. The number of carbonyl (C=O) groups excluding carboxylic acids is 1. The average Bonchev–Trinajstić information content (AvgIpc) is 2.81. The molecule has 0 unspecified atom stereocenters. The first-order chi connectivity index (χ1) is 10.2. The van der Waals surface area contributed by atoms with Crippen molar-refractivity contribution in [2.75, 3.05) is 7.11 Å². The molecule has 2 aromatic carbocycles. The maximum absolute atomic E-state index is 12.7. The lowest BCUT2D eigenvalue weighted by Gasteiger charge is -2.09. The molecule has 1 aliphatic heterocycles. The van der Waals surface area contributed by atoms with Crippen LogP contribution >= 0.6 is 0 Å². The van der Waals surface area contributed by atoms with Crippen molar-refractivity contribution in [3.8, 4) is 11.4 Å². The summed E-state index contributed by atoms with van der Waals surface area (Å²) in [6.07, 6.45) is 0. The zero-order valence-corrected chi connectivity index (χ0v) is 11.2. The molecule has 3 aromatic rings. The number of rotatable bonds is 1. The van der Waals surface area contributed by atoms with Crippen LogP contribution in [-0.4, -0.2) is 22.4 Å². The predicted molar refractivity (Wildman–Crippen MR) is 77.3 cm³/mol. The van der Waals surface area contributed by atoms with Gasteiger partial charge in [-0.2, -0.15) is 0 Å². The summed E-state index contributed by atoms with van der Waals surface area (Å²) in [4.78, 5) is 29.5. The van der Waals surface area contributed by atoms with Crippen LogP contribution in [0.3, 0.4) is 0 Å². The molecule has 0 radical (unpaired) electrons. The molecule has 0 saturated carbocycles. The molecule has 0 atom stereocenters. The van der Waals surface area contributed by atoms with Gasteiger partial charge in [-0.1, -0.05) is 18.2 Å². The number of carbonyl (C=O) groups is 1. The van der Waals surface area contributed by atoms with Crippen molar-refractivity contribution in [1.82, 2.24) is 9.55 Å². The fraction of sp³-hybridized carbons (Fsp3) is 0.0625. The van der Waals surface area contributed by atoms with Crippen molar-refractivity contribution in [1.29, 1.82) is 0 Å². The number of fused-ring (bicyclic) bond motifs is 4. The summed E-state index contributed by atoms with van der Waals surface area (Å²) in [6, 6.07) is 12.1. The molecular formula is C16H10N2O3. The molecule has 0 spiro atoms. The van der Waals surface area contributed by atoms with Crippen molar-refractivity contribution in [3.05, 3.63) is 64.2 Å². The largest absolute Gasteiger partial charge is 0.495 e. The van der Waals surface area contributed by atoms with Gasteiger partial charge in [-0.15, -0.1) is 0 Å². The van der Waals surface area contributed by atoms with Crippen molar-refractivity contribution < 1.29 is 9.53 Å². The number of ketones is 1.